The fourth-order valence-electron chi connectivity index (χ4n) is 2.52. The number of ether oxygens (including phenoxy) is 2. The van der Waals surface area contributed by atoms with E-state index in [0.717, 1.165) is 11.3 Å². The quantitative estimate of drug-likeness (QED) is 0.796. The van der Waals surface area contributed by atoms with E-state index in [2.05, 4.69) is 5.32 Å². The first-order valence-electron chi connectivity index (χ1n) is 6.56. The molecule has 0 bridgehead atoms. The van der Waals surface area contributed by atoms with Gasteiger partial charge in [0.2, 0.25) is 5.91 Å². The Morgan fingerprint density at radius 1 is 1.40 bits per heavy atom. The third-order valence-electron chi connectivity index (χ3n) is 3.83. The smallest absolute Gasteiger partial charge is 0.293 e. The van der Waals surface area contributed by atoms with E-state index in [0.29, 0.717) is 25.9 Å². The van der Waals surface area contributed by atoms with E-state index >= 15 is 0 Å². The highest BCUT2D eigenvalue weighted by Gasteiger charge is 2.42. The molecule has 1 aromatic rings. The Labute approximate surface area is 118 Å². The van der Waals surface area contributed by atoms with Crippen molar-refractivity contribution in [2.75, 3.05) is 13.7 Å². The van der Waals surface area contributed by atoms with Gasteiger partial charge in [0.05, 0.1) is 7.11 Å². The third kappa shape index (κ3) is 3.10. The summed E-state index contributed by atoms with van der Waals surface area (Å²) in [5.41, 5.74) is 0.677. The topological polar surface area (TPSA) is 64.6 Å². The second-order valence-corrected chi connectivity index (χ2v) is 5.38. The van der Waals surface area contributed by atoms with E-state index in [1.165, 1.54) is 0 Å². The van der Waals surface area contributed by atoms with Gasteiger partial charge in [-0.05, 0) is 17.7 Å². The molecular formula is C15H19NO4. The molecule has 1 aromatic carbocycles. The molecule has 1 amide bonds. The van der Waals surface area contributed by atoms with Gasteiger partial charge < -0.3 is 14.8 Å². The van der Waals surface area contributed by atoms with Crippen molar-refractivity contribution in [3.05, 3.63) is 29.8 Å². The van der Waals surface area contributed by atoms with Crippen molar-refractivity contribution in [3.8, 4) is 5.75 Å². The SMILES string of the molecule is COc1ccc(CC(OC=O)C2(C)CNC(=O)C2)cc1. The normalized spacial score (nSPS) is 23.0. The van der Waals surface area contributed by atoms with Gasteiger partial charge in [-0.1, -0.05) is 19.1 Å². The summed E-state index contributed by atoms with van der Waals surface area (Å²) < 4.78 is 10.3. The van der Waals surface area contributed by atoms with Gasteiger partial charge in [0, 0.05) is 24.8 Å². The average molecular weight is 277 g/mol. The van der Waals surface area contributed by atoms with Crippen LogP contribution in [0.25, 0.3) is 0 Å². The molecule has 2 unspecified atom stereocenters. The lowest BCUT2D eigenvalue weighted by molar-refractivity contribution is -0.140. The number of methoxy groups -OCH3 is 1. The number of amides is 1. The van der Waals surface area contributed by atoms with Gasteiger partial charge in [0.1, 0.15) is 11.9 Å². The van der Waals surface area contributed by atoms with Gasteiger partial charge in [-0.15, -0.1) is 0 Å². The summed E-state index contributed by atoms with van der Waals surface area (Å²) >= 11 is 0. The Bertz CT molecular complexity index is 485. The molecule has 0 spiro atoms. The van der Waals surface area contributed by atoms with Crippen molar-refractivity contribution in [1.29, 1.82) is 0 Å². The van der Waals surface area contributed by atoms with Gasteiger partial charge in [0.25, 0.3) is 6.47 Å². The Kier molecular flexibility index (Phi) is 4.27. The molecule has 108 valence electrons. The van der Waals surface area contributed by atoms with Crippen LogP contribution < -0.4 is 10.1 Å². The Morgan fingerprint density at radius 3 is 2.60 bits per heavy atom. The average Bonchev–Trinajstić information content (AvgIpc) is 2.80. The van der Waals surface area contributed by atoms with Crippen molar-refractivity contribution in [1.82, 2.24) is 5.32 Å². The minimum atomic E-state index is -0.363. The Hall–Kier alpha value is -2.04. The summed E-state index contributed by atoms with van der Waals surface area (Å²) in [6.45, 7) is 2.95. The highest BCUT2D eigenvalue weighted by molar-refractivity contribution is 5.79. The van der Waals surface area contributed by atoms with Crippen LogP contribution in [0.1, 0.15) is 18.9 Å². The molecule has 2 rings (SSSR count). The molecular weight excluding hydrogens is 258 g/mol. The van der Waals surface area contributed by atoms with E-state index in [1.54, 1.807) is 7.11 Å². The molecule has 5 nitrogen and oxygen atoms in total. The maximum atomic E-state index is 11.4. The second kappa shape index (κ2) is 5.94. The van der Waals surface area contributed by atoms with E-state index in [4.69, 9.17) is 9.47 Å². The van der Waals surface area contributed by atoms with Crippen molar-refractivity contribution >= 4 is 12.4 Å². The van der Waals surface area contributed by atoms with Crippen LogP contribution in [0.15, 0.2) is 24.3 Å². The molecule has 0 aromatic heterocycles. The number of benzene rings is 1. The maximum absolute atomic E-state index is 11.4. The molecule has 5 heteroatoms. The summed E-state index contributed by atoms with van der Waals surface area (Å²) in [5, 5.41) is 2.80. The number of hydrogen-bond acceptors (Lipinski definition) is 4. The zero-order chi connectivity index (χ0) is 14.6. The summed E-state index contributed by atoms with van der Waals surface area (Å²) in [6.07, 6.45) is 0.628. The van der Waals surface area contributed by atoms with Crippen LogP contribution in [0, 0.1) is 5.41 Å². The van der Waals surface area contributed by atoms with E-state index < -0.39 is 0 Å². The summed E-state index contributed by atoms with van der Waals surface area (Å²) in [7, 11) is 1.62. The van der Waals surface area contributed by atoms with Crippen LogP contribution in [0.3, 0.4) is 0 Å². The first-order valence-corrected chi connectivity index (χ1v) is 6.56. The van der Waals surface area contributed by atoms with Crippen LogP contribution >= 0.6 is 0 Å². The first kappa shape index (κ1) is 14.4. The van der Waals surface area contributed by atoms with Crippen LogP contribution in [0.5, 0.6) is 5.75 Å². The third-order valence-corrected chi connectivity index (χ3v) is 3.83. The number of carbonyl (C=O) groups is 2. The molecule has 1 fully saturated rings. The van der Waals surface area contributed by atoms with Gasteiger partial charge in [0.15, 0.2) is 0 Å². The molecule has 1 N–H and O–H groups in total. The Balaban J connectivity index is 2.12. The van der Waals surface area contributed by atoms with Crippen LogP contribution in [-0.4, -0.2) is 32.1 Å². The summed E-state index contributed by atoms with van der Waals surface area (Å²) in [4.78, 5) is 22.2. The number of rotatable bonds is 6. The predicted molar refractivity (Wildman–Crippen MR) is 73.4 cm³/mol. The van der Waals surface area contributed by atoms with Crippen LogP contribution in [0.4, 0.5) is 0 Å². The standard InChI is InChI=1S/C15H19NO4/c1-15(8-14(18)16-9-15)13(20-10-17)7-11-3-5-12(19-2)6-4-11/h3-6,10,13H,7-9H2,1-2H3,(H,16,18). The van der Waals surface area contributed by atoms with E-state index in [9.17, 15) is 9.59 Å². The lowest BCUT2D eigenvalue weighted by atomic mass is 9.80. The molecule has 0 radical (unpaired) electrons. The molecule has 20 heavy (non-hydrogen) atoms. The van der Waals surface area contributed by atoms with Crippen molar-refractivity contribution in [2.24, 2.45) is 5.41 Å². The highest BCUT2D eigenvalue weighted by Crippen LogP contribution is 2.33. The molecule has 1 heterocycles. The molecule has 2 atom stereocenters. The highest BCUT2D eigenvalue weighted by atomic mass is 16.5. The number of hydrogen-bond donors (Lipinski definition) is 1. The van der Waals surface area contributed by atoms with Crippen molar-refractivity contribution in [2.45, 2.75) is 25.9 Å². The monoisotopic (exact) mass is 277 g/mol. The number of carbonyl (C=O) groups excluding carboxylic acids is 2. The summed E-state index contributed by atoms with van der Waals surface area (Å²) in [6, 6.07) is 7.61. The molecule has 1 aliphatic heterocycles. The number of nitrogens with one attached hydrogen (secondary N) is 1. The second-order valence-electron chi connectivity index (χ2n) is 5.38. The molecule has 0 saturated carbocycles. The molecule has 1 aliphatic rings. The van der Waals surface area contributed by atoms with E-state index in [-0.39, 0.29) is 17.4 Å². The van der Waals surface area contributed by atoms with Crippen LogP contribution in [-0.2, 0) is 20.7 Å². The minimum absolute atomic E-state index is 0.00160. The van der Waals surface area contributed by atoms with Gasteiger partial charge >= 0.3 is 0 Å². The first-order chi connectivity index (χ1) is 9.57. The molecule has 0 aliphatic carbocycles. The predicted octanol–water partition coefficient (Wildman–Crippen LogP) is 1.31. The van der Waals surface area contributed by atoms with Gasteiger partial charge in [-0.2, -0.15) is 0 Å². The van der Waals surface area contributed by atoms with Crippen LogP contribution in [0.2, 0.25) is 0 Å². The van der Waals surface area contributed by atoms with E-state index in [1.807, 2.05) is 31.2 Å². The van der Waals surface area contributed by atoms with Gasteiger partial charge in [-0.3, -0.25) is 9.59 Å². The van der Waals surface area contributed by atoms with Crippen molar-refractivity contribution < 1.29 is 19.1 Å². The Morgan fingerprint density at radius 2 is 2.10 bits per heavy atom. The maximum Gasteiger partial charge on any atom is 0.293 e. The fourth-order valence-corrected chi connectivity index (χ4v) is 2.52. The lowest BCUT2D eigenvalue weighted by Crippen LogP contribution is -2.38. The fraction of sp³-hybridized carbons (Fsp3) is 0.467. The zero-order valence-corrected chi connectivity index (χ0v) is 11.7. The molecule has 1 saturated heterocycles. The van der Waals surface area contributed by atoms with Crippen molar-refractivity contribution in [3.63, 3.8) is 0 Å². The van der Waals surface area contributed by atoms with Gasteiger partial charge in [-0.25, -0.2) is 0 Å². The largest absolute Gasteiger partial charge is 0.497 e. The zero-order valence-electron chi connectivity index (χ0n) is 11.7. The summed E-state index contributed by atoms with van der Waals surface area (Å²) in [5.74, 6) is 0.784. The lowest BCUT2D eigenvalue weighted by Gasteiger charge is -2.30. The minimum Gasteiger partial charge on any atom is -0.497 e.